The summed E-state index contributed by atoms with van der Waals surface area (Å²) in [6.45, 7) is 8.51. The lowest BCUT2D eigenvalue weighted by Gasteiger charge is -2.33. The van der Waals surface area contributed by atoms with Crippen LogP contribution in [0.15, 0.2) is 18.2 Å². The number of aryl methyl sites for hydroxylation is 1. The summed E-state index contributed by atoms with van der Waals surface area (Å²) in [6.07, 6.45) is 4.68. The van der Waals surface area contributed by atoms with Gasteiger partial charge in [-0.2, -0.15) is 0 Å². The van der Waals surface area contributed by atoms with Crippen LogP contribution >= 0.6 is 0 Å². The Morgan fingerprint density at radius 2 is 1.92 bits per heavy atom. The van der Waals surface area contributed by atoms with Gasteiger partial charge in [0, 0.05) is 45.0 Å². The molecule has 1 atom stereocenters. The molecule has 0 saturated carbocycles. The number of anilines is 1. The maximum Gasteiger partial charge on any atom is 0.319 e. The molecular formula is C20H32N4O. The van der Waals surface area contributed by atoms with Crippen molar-refractivity contribution in [1.29, 1.82) is 0 Å². The van der Waals surface area contributed by atoms with E-state index >= 15 is 0 Å². The molecule has 1 aliphatic heterocycles. The summed E-state index contributed by atoms with van der Waals surface area (Å²) in [7, 11) is 2.18. The van der Waals surface area contributed by atoms with Crippen molar-refractivity contribution in [2.75, 3.05) is 51.6 Å². The van der Waals surface area contributed by atoms with Crippen LogP contribution < -0.4 is 10.6 Å². The SMILES string of the molecule is C[C@@H](CNC(=O)Nc1cccc2c1CCCC2)CN1CCN(C)CC1. The van der Waals surface area contributed by atoms with Gasteiger partial charge in [-0.15, -0.1) is 0 Å². The van der Waals surface area contributed by atoms with Gasteiger partial charge in [0.1, 0.15) is 0 Å². The maximum absolute atomic E-state index is 12.3. The highest BCUT2D eigenvalue weighted by atomic mass is 16.2. The summed E-state index contributed by atoms with van der Waals surface area (Å²) in [4.78, 5) is 17.2. The van der Waals surface area contributed by atoms with Crippen molar-refractivity contribution in [3.8, 4) is 0 Å². The van der Waals surface area contributed by atoms with Crippen LogP contribution in [0.1, 0.15) is 30.9 Å². The predicted octanol–water partition coefficient (Wildman–Crippen LogP) is 2.57. The van der Waals surface area contributed by atoms with Gasteiger partial charge >= 0.3 is 6.03 Å². The zero-order valence-electron chi connectivity index (χ0n) is 15.7. The Morgan fingerprint density at radius 3 is 2.72 bits per heavy atom. The van der Waals surface area contributed by atoms with Gasteiger partial charge < -0.3 is 20.4 Å². The largest absolute Gasteiger partial charge is 0.338 e. The number of amides is 2. The number of likely N-dealkylation sites (N-methyl/N-ethyl adjacent to an activating group) is 1. The number of hydrogen-bond acceptors (Lipinski definition) is 3. The smallest absolute Gasteiger partial charge is 0.319 e. The molecule has 0 spiro atoms. The summed E-state index contributed by atoms with van der Waals surface area (Å²) in [5.41, 5.74) is 3.71. The van der Waals surface area contributed by atoms with Gasteiger partial charge in [-0.1, -0.05) is 19.1 Å². The van der Waals surface area contributed by atoms with E-state index in [0.29, 0.717) is 12.5 Å². The molecule has 1 saturated heterocycles. The van der Waals surface area contributed by atoms with Crippen LogP contribution in [0.4, 0.5) is 10.5 Å². The molecule has 2 amide bonds. The fraction of sp³-hybridized carbons (Fsp3) is 0.650. The molecule has 1 fully saturated rings. The van der Waals surface area contributed by atoms with E-state index in [-0.39, 0.29) is 6.03 Å². The van der Waals surface area contributed by atoms with Crippen molar-refractivity contribution in [2.45, 2.75) is 32.6 Å². The molecule has 1 heterocycles. The van der Waals surface area contributed by atoms with E-state index in [1.165, 1.54) is 24.0 Å². The normalized spacial score (nSPS) is 19.9. The van der Waals surface area contributed by atoms with Gasteiger partial charge in [-0.3, -0.25) is 0 Å². The molecule has 1 aromatic rings. The number of carbonyl (C=O) groups is 1. The number of nitrogens with one attached hydrogen (secondary N) is 2. The lowest BCUT2D eigenvalue weighted by molar-refractivity contribution is 0.138. The van der Waals surface area contributed by atoms with Gasteiger partial charge in [-0.05, 0) is 55.8 Å². The Morgan fingerprint density at radius 1 is 1.16 bits per heavy atom. The highest BCUT2D eigenvalue weighted by Crippen LogP contribution is 2.27. The van der Waals surface area contributed by atoms with Crippen LogP contribution in [0, 0.1) is 5.92 Å². The summed E-state index contributed by atoms with van der Waals surface area (Å²) < 4.78 is 0. The number of nitrogens with zero attached hydrogens (tertiary/aromatic N) is 2. The standard InChI is InChI=1S/C20H32N4O/c1-16(15-24-12-10-23(2)11-13-24)14-21-20(25)22-19-9-5-7-17-6-3-4-8-18(17)19/h5,7,9,16H,3-4,6,8,10-15H2,1-2H3,(H2,21,22,25)/t16-/m0/s1. The first-order valence-corrected chi connectivity index (χ1v) is 9.68. The average molecular weight is 345 g/mol. The molecule has 0 unspecified atom stereocenters. The number of carbonyl (C=O) groups excluding carboxylic acids is 1. The molecule has 0 radical (unpaired) electrons. The summed E-state index contributed by atoms with van der Waals surface area (Å²) in [6, 6.07) is 6.19. The van der Waals surface area contributed by atoms with Gasteiger partial charge in [0.25, 0.3) is 0 Å². The van der Waals surface area contributed by atoms with Crippen molar-refractivity contribution >= 4 is 11.7 Å². The fourth-order valence-electron chi connectivity index (χ4n) is 3.87. The highest BCUT2D eigenvalue weighted by molar-refractivity contribution is 5.90. The zero-order chi connectivity index (χ0) is 17.6. The Balaban J connectivity index is 1.44. The predicted molar refractivity (Wildman–Crippen MR) is 103 cm³/mol. The molecule has 138 valence electrons. The van der Waals surface area contributed by atoms with Gasteiger partial charge in [0.05, 0.1) is 0 Å². The third-order valence-corrected chi connectivity index (χ3v) is 5.42. The van der Waals surface area contributed by atoms with E-state index in [0.717, 1.165) is 51.3 Å². The Kier molecular flexibility index (Phi) is 6.32. The molecule has 5 nitrogen and oxygen atoms in total. The number of urea groups is 1. The first-order chi connectivity index (χ1) is 12.1. The topological polar surface area (TPSA) is 47.6 Å². The summed E-state index contributed by atoms with van der Waals surface area (Å²) >= 11 is 0. The number of piperazine rings is 1. The lowest BCUT2D eigenvalue weighted by Crippen LogP contribution is -2.47. The molecule has 1 aromatic carbocycles. The Bertz CT molecular complexity index is 581. The summed E-state index contributed by atoms with van der Waals surface area (Å²) in [5.74, 6) is 0.457. The van der Waals surface area contributed by atoms with E-state index in [9.17, 15) is 4.79 Å². The minimum Gasteiger partial charge on any atom is -0.338 e. The van der Waals surface area contributed by atoms with Crippen LogP contribution in [0.3, 0.4) is 0 Å². The van der Waals surface area contributed by atoms with Crippen molar-refractivity contribution < 1.29 is 4.79 Å². The quantitative estimate of drug-likeness (QED) is 0.863. The van der Waals surface area contributed by atoms with Crippen LogP contribution in [-0.4, -0.2) is 62.1 Å². The molecule has 25 heavy (non-hydrogen) atoms. The van der Waals surface area contributed by atoms with E-state index in [1.54, 1.807) is 0 Å². The minimum absolute atomic E-state index is 0.0794. The average Bonchev–Trinajstić information content (AvgIpc) is 2.62. The molecule has 1 aliphatic carbocycles. The molecule has 2 N–H and O–H groups in total. The van der Waals surface area contributed by atoms with E-state index in [1.807, 2.05) is 6.07 Å². The minimum atomic E-state index is -0.0794. The Labute approximate surface area is 151 Å². The second-order valence-electron chi connectivity index (χ2n) is 7.69. The van der Waals surface area contributed by atoms with E-state index < -0.39 is 0 Å². The van der Waals surface area contributed by atoms with Gasteiger partial charge in [0.15, 0.2) is 0 Å². The second kappa shape index (κ2) is 8.68. The van der Waals surface area contributed by atoms with Crippen LogP contribution in [0.2, 0.25) is 0 Å². The first kappa shape index (κ1) is 18.2. The fourth-order valence-corrected chi connectivity index (χ4v) is 3.87. The first-order valence-electron chi connectivity index (χ1n) is 9.68. The monoisotopic (exact) mass is 344 g/mol. The second-order valence-corrected chi connectivity index (χ2v) is 7.69. The van der Waals surface area contributed by atoms with Gasteiger partial charge in [-0.25, -0.2) is 4.79 Å². The molecular weight excluding hydrogens is 312 g/mol. The maximum atomic E-state index is 12.3. The number of fused-ring (bicyclic) bond motifs is 1. The molecule has 2 aliphatic rings. The van der Waals surface area contributed by atoms with Crippen molar-refractivity contribution in [2.24, 2.45) is 5.92 Å². The van der Waals surface area contributed by atoms with Crippen molar-refractivity contribution in [3.05, 3.63) is 29.3 Å². The Hall–Kier alpha value is -1.59. The molecule has 3 rings (SSSR count). The third-order valence-electron chi connectivity index (χ3n) is 5.42. The van der Waals surface area contributed by atoms with Crippen LogP contribution in [-0.2, 0) is 12.8 Å². The third kappa shape index (κ3) is 5.19. The van der Waals surface area contributed by atoms with E-state index in [4.69, 9.17) is 0 Å². The lowest BCUT2D eigenvalue weighted by atomic mass is 9.90. The molecule has 0 aromatic heterocycles. The van der Waals surface area contributed by atoms with Crippen LogP contribution in [0.5, 0.6) is 0 Å². The molecule has 5 heteroatoms. The van der Waals surface area contributed by atoms with Crippen LogP contribution in [0.25, 0.3) is 0 Å². The highest BCUT2D eigenvalue weighted by Gasteiger charge is 2.17. The van der Waals surface area contributed by atoms with Crippen molar-refractivity contribution in [3.63, 3.8) is 0 Å². The van der Waals surface area contributed by atoms with Gasteiger partial charge in [0.2, 0.25) is 0 Å². The van der Waals surface area contributed by atoms with E-state index in [2.05, 4.69) is 46.5 Å². The molecule has 0 bridgehead atoms. The summed E-state index contributed by atoms with van der Waals surface area (Å²) in [5, 5.41) is 6.11. The van der Waals surface area contributed by atoms with Crippen molar-refractivity contribution in [1.82, 2.24) is 15.1 Å². The number of benzene rings is 1. The number of rotatable bonds is 5. The number of hydrogen-bond donors (Lipinski definition) is 2. The zero-order valence-corrected chi connectivity index (χ0v) is 15.7.